The Labute approximate surface area is 104 Å². The lowest BCUT2D eigenvalue weighted by atomic mass is 10.4. The summed E-state index contributed by atoms with van der Waals surface area (Å²) in [6.07, 6.45) is 2.56. The molecule has 1 nitrogen and oxygen atoms in total. The second-order valence-electron chi connectivity index (χ2n) is 2.62. The van der Waals surface area contributed by atoms with Crippen molar-refractivity contribution in [3.8, 4) is 0 Å². The lowest BCUT2D eigenvalue weighted by Crippen LogP contribution is -1.74. The van der Waals surface area contributed by atoms with Crippen molar-refractivity contribution in [2.45, 2.75) is 12.8 Å². The molecule has 0 N–H and O–H groups in total. The summed E-state index contributed by atoms with van der Waals surface area (Å²) in [7, 11) is 0. The lowest BCUT2D eigenvalue weighted by Gasteiger charge is -1.80. The second kappa shape index (κ2) is 9.00. The second-order valence-corrected chi connectivity index (χ2v) is 3.53. The molecule has 1 aromatic carbocycles. The molecular formula is C10H13BrMgO. The summed E-state index contributed by atoms with van der Waals surface area (Å²) in [5.41, 5.74) is 0. The average Bonchev–Trinajstić information content (AvgIpc) is 2.62. The smallest absolute Gasteiger partial charge is 0.0466 e. The van der Waals surface area contributed by atoms with Gasteiger partial charge in [0.2, 0.25) is 0 Å². The number of hydrogen-bond acceptors (Lipinski definition) is 1. The number of benzene rings is 1. The van der Waals surface area contributed by atoms with E-state index in [4.69, 9.17) is 4.74 Å². The molecule has 2 radical (unpaired) electrons. The molecule has 0 aromatic heterocycles. The van der Waals surface area contributed by atoms with E-state index in [1.807, 2.05) is 30.3 Å². The van der Waals surface area contributed by atoms with E-state index < -0.39 is 0 Å². The highest BCUT2D eigenvalue weighted by molar-refractivity contribution is 9.10. The molecule has 0 amide bonds. The van der Waals surface area contributed by atoms with Crippen LogP contribution in [0.2, 0.25) is 0 Å². The third kappa shape index (κ3) is 7.49. The SMILES string of the molecule is Brc1ccccc1.C1CCOC1.[Mg]. The maximum absolute atomic E-state index is 4.94. The Kier molecular flexibility index (Phi) is 9.29. The normalized spacial score (nSPS) is 13.9. The molecule has 0 saturated carbocycles. The van der Waals surface area contributed by atoms with E-state index in [9.17, 15) is 0 Å². The molecule has 0 atom stereocenters. The van der Waals surface area contributed by atoms with Gasteiger partial charge in [-0.05, 0) is 25.0 Å². The highest BCUT2D eigenvalue weighted by Crippen LogP contribution is 2.05. The average molecular weight is 253 g/mol. The first-order valence-corrected chi connectivity index (χ1v) is 4.97. The third-order valence-corrected chi connectivity index (χ3v) is 2.09. The van der Waals surface area contributed by atoms with E-state index in [-0.39, 0.29) is 23.1 Å². The van der Waals surface area contributed by atoms with Crippen LogP contribution in [0.3, 0.4) is 0 Å². The van der Waals surface area contributed by atoms with Crippen LogP contribution in [0.5, 0.6) is 0 Å². The fourth-order valence-corrected chi connectivity index (χ4v) is 1.23. The van der Waals surface area contributed by atoms with Crippen LogP contribution in [0.15, 0.2) is 34.8 Å². The van der Waals surface area contributed by atoms with Gasteiger partial charge in [0.05, 0.1) is 0 Å². The van der Waals surface area contributed by atoms with Crippen LogP contribution >= 0.6 is 15.9 Å². The molecular weight excluding hydrogens is 240 g/mol. The Bertz CT molecular complexity index is 192. The van der Waals surface area contributed by atoms with E-state index in [2.05, 4.69) is 15.9 Å². The molecule has 13 heavy (non-hydrogen) atoms. The number of halogens is 1. The minimum atomic E-state index is 0. The minimum Gasteiger partial charge on any atom is -0.381 e. The lowest BCUT2D eigenvalue weighted by molar-refractivity contribution is 0.198. The molecule has 3 heteroatoms. The van der Waals surface area contributed by atoms with Crippen molar-refractivity contribution in [1.29, 1.82) is 0 Å². The zero-order valence-electron chi connectivity index (χ0n) is 7.71. The molecule has 1 fully saturated rings. The van der Waals surface area contributed by atoms with Gasteiger partial charge < -0.3 is 4.74 Å². The highest BCUT2D eigenvalue weighted by atomic mass is 79.9. The fraction of sp³-hybridized carbons (Fsp3) is 0.400. The van der Waals surface area contributed by atoms with Gasteiger partial charge >= 0.3 is 0 Å². The molecule has 0 unspecified atom stereocenters. The van der Waals surface area contributed by atoms with Crippen LogP contribution in [0.25, 0.3) is 0 Å². The molecule has 2 rings (SSSR count). The van der Waals surface area contributed by atoms with Crippen molar-refractivity contribution in [1.82, 2.24) is 0 Å². The summed E-state index contributed by atoms with van der Waals surface area (Å²) in [6, 6.07) is 9.97. The van der Waals surface area contributed by atoms with Crippen molar-refractivity contribution in [2.24, 2.45) is 0 Å². The quantitative estimate of drug-likeness (QED) is 0.646. The monoisotopic (exact) mass is 252 g/mol. The van der Waals surface area contributed by atoms with Crippen molar-refractivity contribution in [2.75, 3.05) is 13.2 Å². The summed E-state index contributed by atoms with van der Waals surface area (Å²) < 4.78 is 6.08. The Morgan fingerprint density at radius 3 is 1.77 bits per heavy atom. The van der Waals surface area contributed by atoms with Gasteiger partial charge in [0, 0.05) is 40.7 Å². The van der Waals surface area contributed by atoms with Gasteiger partial charge in [0.15, 0.2) is 0 Å². The van der Waals surface area contributed by atoms with Crippen molar-refractivity contribution >= 4 is 39.0 Å². The molecule has 1 aliphatic heterocycles. The Morgan fingerprint density at radius 2 is 1.54 bits per heavy atom. The molecule has 0 bridgehead atoms. The van der Waals surface area contributed by atoms with Crippen molar-refractivity contribution < 1.29 is 4.74 Å². The summed E-state index contributed by atoms with van der Waals surface area (Å²) in [5.74, 6) is 0. The van der Waals surface area contributed by atoms with Gasteiger partial charge in [0.25, 0.3) is 0 Å². The Hall–Kier alpha value is 0.426. The first-order chi connectivity index (χ1) is 5.89. The van der Waals surface area contributed by atoms with Gasteiger partial charge in [-0.15, -0.1) is 0 Å². The molecule has 1 saturated heterocycles. The largest absolute Gasteiger partial charge is 0.381 e. The summed E-state index contributed by atoms with van der Waals surface area (Å²) >= 11 is 3.31. The maximum atomic E-state index is 4.94. The first-order valence-electron chi connectivity index (χ1n) is 4.18. The number of ether oxygens (including phenoxy) is 1. The zero-order chi connectivity index (χ0) is 8.65. The van der Waals surface area contributed by atoms with E-state index in [0.29, 0.717) is 0 Å². The molecule has 1 aliphatic rings. The van der Waals surface area contributed by atoms with Crippen LogP contribution in [-0.2, 0) is 4.74 Å². The van der Waals surface area contributed by atoms with Crippen LogP contribution < -0.4 is 0 Å². The van der Waals surface area contributed by atoms with Crippen molar-refractivity contribution in [3.05, 3.63) is 34.8 Å². The van der Waals surface area contributed by atoms with Gasteiger partial charge in [0.1, 0.15) is 0 Å². The maximum Gasteiger partial charge on any atom is 0.0466 e. The van der Waals surface area contributed by atoms with Crippen molar-refractivity contribution in [3.63, 3.8) is 0 Å². The van der Waals surface area contributed by atoms with E-state index >= 15 is 0 Å². The highest BCUT2D eigenvalue weighted by Gasteiger charge is 1.94. The standard InChI is InChI=1S/C6H5Br.C4H8O.Mg/c7-6-4-2-1-3-5-6;1-2-4-5-3-1;/h1-5H;1-4H2;. The van der Waals surface area contributed by atoms with E-state index in [0.717, 1.165) is 17.7 Å². The van der Waals surface area contributed by atoms with Crippen LogP contribution in [-0.4, -0.2) is 36.3 Å². The minimum absolute atomic E-state index is 0. The molecule has 1 aromatic rings. The van der Waals surface area contributed by atoms with Gasteiger partial charge in [-0.1, -0.05) is 34.1 Å². The number of rotatable bonds is 0. The van der Waals surface area contributed by atoms with Crippen LogP contribution in [0.4, 0.5) is 0 Å². The Balaban J connectivity index is 0.000000215. The Morgan fingerprint density at radius 1 is 1.00 bits per heavy atom. The molecule has 68 valence electrons. The predicted molar refractivity (Wildman–Crippen MR) is 59.9 cm³/mol. The molecule has 0 aliphatic carbocycles. The molecule has 0 spiro atoms. The molecule has 1 heterocycles. The van der Waals surface area contributed by atoms with E-state index in [1.165, 1.54) is 12.8 Å². The van der Waals surface area contributed by atoms with E-state index in [1.54, 1.807) is 0 Å². The topological polar surface area (TPSA) is 9.23 Å². The van der Waals surface area contributed by atoms with Gasteiger partial charge in [-0.2, -0.15) is 0 Å². The van der Waals surface area contributed by atoms with Crippen LogP contribution in [0.1, 0.15) is 12.8 Å². The fourth-order valence-electron chi connectivity index (χ4n) is 0.925. The third-order valence-electron chi connectivity index (χ3n) is 1.56. The zero-order valence-corrected chi connectivity index (χ0v) is 10.7. The predicted octanol–water partition coefficient (Wildman–Crippen LogP) is 2.87. The summed E-state index contributed by atoms with van der Waals surface area (Å²) in [6.45, 7) is 2.00. The summed E-state index contributed by atoms with van der Waals surface area (Å²) in [4.78, 5) is 0. The van der Waals surface area contributed by atoms with Gasteiger partial charge in [-0.25, -0.2) is 0 Å². The first kappa shape index (κ1) is 13.4. The summed E-state index contributed by atoms with van der Waals surface area (Å²) in [5, 5.41) is 0. The van der Waals surface area contributed by atoms with Crippen LogP contribution in [0, 0.1) is 0 Å². The number of hydrogen-bond donors (Lipinski definition) is 0. The van der Waals surface area contributed by atoms with Gasteiger partial charge in [-0.3, -0.25) is 0 Å².